The fraction of sp³-hybridized carbons (Fsp3) is 0.500. The molecule has 6 heteroatoms. The zero-order valence-corrected chi connectivity index (χ0v) is 11.3. The number of carbonyl (C=O) groups is 1. The highest BCUT2D eigenvalue weighted by atomic mass is 19.3. The lowest BCUT2D eigenvalue weighted by atomic mass is 10.1. The second-order valence-corrected chi connectivity index (χ2v) is 4.36. The molecule has 0 spiro atoms. The molecule has 1 amide bonds. The van der Waals surface area contributed by atoms with Gasteiger partial charge in [-0.1, -0.05) is 12.1 Å². The van der Waals surface area contributed by atoms with Crippen molar-refractivity contribution in [3.8, 4) is 0 Å². The maximum absolute atomic E-state index is 11.8. The minimum atomic E-state index is -2.50. The van der Waals surface area contributed by atoms with Crippen LogP contribution in [0.4, 0.5) is 14.5 Å². The van der Waals surface area contributed by atoms with Gasteiger partial charge in [-0.05, 0) is 37.1 Å². The van der Waals surface area contributed by atoms with E-state index in [2.05, 4.69) is 10.1 Å². The van der Waals surface area contributed by atoms with Crippen molar-refractivity contribution in [1.82, 2.24) is 0 Å². The molecule has 0 aliphatic heterocycles. The van der Waals surface area contributed by atoms with Crippen molar-refractivity contribution in [3.63, 3.8) is 0 Å². The van der Waals surface area contributed by atoms with Crippen LogP contribution in [0.15, 0.2) is 24.3 Å². The summed E-state index contributed by atoms with van der Waals surface area (Å²) in [4.78, 5) is 11.6. The number of carbonyl (C=O) groups excluding carboxylic acids is 1. The molecule has 0 fully saturated rings. The molecular formula is C14H20F2N2O2. The molecule has 0 aliphatic rings. The van der Waals surface area contributed by atoms with E-state index in [0.29, 0.717) is 12.2 Å². The summed E-state index contributed by atoms with van der Waals surface area (Å²) >= 11 is 0. The number of nitrogens with one attached hydrogen (secondary N) is 1. The summed E-state index contributed by atoms with van der Waals surface area (Å²) < 4.78 is 28.3. The molecule has 1 aromatic rings. The zero-order chi connectivity index (χ0) is 14.8. The van der Waals surface area contributed by atoms with E-state index in [-0.39, 0.29) is 18.9 Å². The highest BCUT2D eigenvalue weighted by Gasteiger charge is 2.05. The second kappa shape index (κ2) is 9.39. The van der Waals surface area contributed by atoms with Crippen molar-refractivity contribution >= 4 is 11.6 Å². The van der Waals surface area contributed by atoms with Gasteiger partial charge in [0.2, 0.25) is 5.91 Å². The molecule has 0 aromatic heterocycles. The largest absolute Gasteiger partial charge is 0.375 e. The number of ether oxygens (including phenoxy) is 1. The monoisotopic (exact) mass is 286 g/mol. The number of amides is 1. The first kappa shape index (κ1) is 16.5. The number of hydrogen-bond acceptors (Lipinski definition) is 3. The number of alkyl halides is 2. The molecule has 0 unspecified atom stereocenters. The van der Waals surface area contributed by atoms with Gasteiger partial charge >= 0.3 is 0 Å². The third-order valence-corrected chi connectivity index (χ3v) is 2.60. The first-order chi connectivity index (χ1) is 9.61. The molecule has 112 valence electrons. The molecule has 0 saturated carbocycles. The van der Waals surface area contributed by atoms with Gasteiger partial charge in [0.25, 0.3) is 6.43 Å². The van der Waals surface area contributed by atoms with Crippen LogP contribution in [-0.2, 0) is 16.0 Å². The van der Waals surface area contributed by atoms with E-state index in [1.54, 1.807) is 6.07 Å². The van der Waals surface area contributed by atoms with E-state index in [4.69, 9.17) is 5.73 Å². The average Bonchev–Trinajstić information content (AvgIpc) is 2.41. The number of aryl methyl sites for hydroxylation is 1. The maximum Gasteiger partial charge on any atom is 0.261 e. The Labute approximate surface area is 117 Å². The Kier molecular flexibility index (Phi) is 7.75. The summed E-state index contributed by atoms with van der Waals surface area (Å²) in [5.41, 5.74) is 7.24. The summed E-state index contributed by atoms with van der Waals surface area (Å²) in [5, 5.41) is 2.71. The van der Waals surface area contributed by atoms with Crippen LogP contribution in [0, 0.1) is 0 Å². The van der Waals surface area contributed by atoms with Crippen molar-refractivity contribution in [2.45, 2.75) is 25.7 Å². The fourth-order valence-electron chi connectivity index (χ4n) is 1.67. The minimum absolute atomic E-state index is 0.0109. The molecule has 1 rings (SSSR count). The van der Waals surface area contributed by atoms with Gasteiger partial charge in [-0.2, -0.15) is 0 Å². The lowest BCUT2D eigenvalue weighted by Gasteiger charge is -2.08. The Balaban J connectivity index is 2.33. The minimum Gasteiger partial charge on any atom is -0.375 e. The van der Waals surface area contributed by atoms with Gasteiger partial charge in [0, 0.05) is 5.69 Å². The lowest BCUT2D eigenvalue weighted by Crippen LogP contribution is -2.15. The quantitative estimate of drug-likeness (QED) is 0.684. The van der Waals surface area contributed by atoms with Crippen molar-refractivity contribution in [1.29, 1.82) is 0 Å². The Bertz CT molecular complexity index is 414. The summed E-state index contributed by atoms with van der Waals surface area (Å²) in [6.45, 7) is -0.0248. The number of nitrogens with two attached hydrogens (primary N) is 1. The van der Waals surface area contributed by atoms with Gasteiger partial charge in [0.15, 0.2) is 0 Å². The highest BCUT2D eigenvalue weighted by Crippen LogP contribution is 2.12. The third kappa shape index (κ3) is 7.16. The summed E-state index contributed by atoms with van der Waals surface area (Å²) in [6.07, 6.45) is -0.701. The summed E-state index contributed by atoms with van der Waals surface area (Å²) in [5.74, 6) is -0.254. The molecule has 0 bridgehead atoms. The van der Waals surface area contributed by atoms with Crippen LogP contribution in [0.1, 0.15) is 18.4 Å². The van der Waals surface area contributed by atoms with Gasteiger partial charge in [0.05, 0.1) is 13.0 Å². The Morgan fingerprint density at radius 2 is 2.20 bits per heavy atom. The zero-order valence-electron chi connectivity index (χ0n) is 11.3. The summed E-state index contributed by atoms with van der Waals surface area (Å²) in [6, 6.07) is 7.49. The van der Waals surface area contributed by atoms with Crippen LogP contribution in [0.3, 0.4) is 0 Å². The molecule has 0 saturated heterocycles. The van der Waals surface area contributed by atoms with Gasteiger partial charge in [-0.3, -0.25) is 4.79 Å². The number of hydrogen-bond donors (Lipinski definition) is 2. The van der Waals surface area contributed by atoms with Gasteiger partial charge in [0.1, 0.15) is 6.61 Å². The van der Waals surface area contributed by atoms with Crippen LogP contribution in [0.25, 0.3) is 0 Å². The third-order valence-electron chi connectivity index (χ3n) is 2.60. The average molecular weight is 286 g/mol. The molecule has 3 N–H and O–H groups in total. The van der Waals surface area contributed by atoms with Crippen LogP contribution in [0.5, 0.6) is 0 Å². The van der Waals surface area contributed by atoms with E-state index >= 15 is 0 Å². The Morgan fingerprint density at radius 1 is 1.40 bits per heavy atom. The molecule has 0 atom stereocenters. The molecule has 0 aliphatic carbocycles. The van der Waals surface area contributed by atoms with E-state index in [0.717, 1.165) is 18.4 Å². The maximum atomic E-state index is 11.8. The number of rotatable bonds is 9. The fourth-order valence-corrected chi connectivity index (χ4v) is 1.67. The van der Waals surface area contributed by atoms with Gasteiger partial charge < -0.3 is 15.8 Å². The second-order valence-electron chi connectivity index (χ2n) is 4.36. The Morgan fingerprint density at radius 3 is 2.90 bits per heavy atom. The van der Waals surface area contributed by atoms with Gasteiger partial charge in [-0.25, -0.2) is 8.78 Å². The molecule has 0 radical (unpaired) electrons. The first-order valence-electron chi connectivity index (χ1n) is 6.56. The topological polar surface area (TPSA) is 64.3 Å². The van der Waals surface area contributed by atoms with Crippen molar-refractivity contribution < 1.29 is 18.3 Å². The van der Waals surface area contributed by atoms with E-state index in [1.807, 2.05) is 18.2 Å². The van der Waals surface area contributed by atoms with E-state index in [1.165, 1.54) is 0 Å². The van der Waals surface area contributed by atoms with Crippen LogP contribution < -0.4 is 11.1 Å². The SMILES string of the molecule is NCCCc1cccc(NC(=O)CCOCC(F)F)c1. The smallest absolute Gasteiger partial charge is 0.261 e. The van der Waals surface area contributed by atoms with Crippen molar-refractivity contribution in [2.24, 2.45) is 5.73 Å². The number of anilines is 1. The van der Waals surface area contributed by atoms with E-state index < -0.39 is 13.0 Å². The lowest BCUT2D eigenvalue weighted by molar-refractivity contribution is -0.117. The summed E-state index contributed by atoms with van der Waals surface area (Å²) in [7, 11) is 0. The standard InChI is InChI=1S/C14H20F2N2O2/c15-13(16)10-20-8-6-14(19)18-12-5-1-3-11(9-12)4-2-7-17/h1,3,5,9,13H,2,4,6-8,10,17H2,(H,18,19). The van der Waals surface area contributed by atoms with Crippen LogP contribution in [-0.4, -0.2) is 32.1 Å². The van der Waals surface area contributed by atoms with Crippen molar-refractivity contribution in [3.05, 3.63) is 29.8 Å². The molecule has 0 heterocycles. The first-order valence-corrected chi connectivity index (χ1v) is 6.56. The van der Waals surface area contributed by atoms with Crippen LogP contribution in [0.2, 0.25) is 0 Å². The normalized spacial score (nSPS) is 10.8. The Hall–Kier alpha value is -1.53. The number of benzene rings is 1. The highest BCUT2D eigenvalue weighted by molar-refractivity contribution is 5.90. The number of halogens is 2. The molecule has 20 heavy (non-hydrogen) atoms. The predicted octanol–water partition coefficient (Wildman–Crippen LogP) is 2.19. The van der Waals surface area contributed by atoms with Gasteiger partial charge in [-0.15, -0.1) is 0 Å². The van der Waals surface area contributed by atoms with Crippen molar-refractivity contribution in [2.75, 3.05) is 25.1 Å². The molecule has 1 aromatic carbocycles. The molecular weight excluding hydrogens is 266 g/mol. The van der Waals surface area contributed by atoms with Crippen LogP contribution >= 0.6 is 0 Å². The predicted molar refractivity (Wildman–Crippen MR) is 73.9 cm³/mol. The molecule has 4 nitrogen and oxygen atoms in total. The van der Waals surface area contributed by atoms with E-state index in [9.17, 15) is 13.6 Å².